The van der Waals surface area contributed by atoms with E-state index in [4.69, 9.17) is 28.4 Å². The second-order valence-corrected chi connectivity index (χ2v) is 6.75. The van der Waals surface area contributed by atoms with Crippen LogP contribution >= 0.6 is 0 Å². The van der Waals surface area contributed by atoms with Gasteiger partial charge in [0.05, 0.1) is 59.5 Å². The Kier molecular flexibility index (Phi) is 24.3. The fourth-order valence-corrected chi connectivity index (χ4v) is 2.20. The Balaban J connectivity index is 3.30. The Morgan fingerprint density at radius 3 is 1.24 bits per heavy atom. The fourth-order valence-electron chi connectivity index (χ4n) is 2.20. The van der Waals surface area contributed by atoms with Crippen LogP contribution in [0.5, 0.6) is 0 Å². The van der Waals surface area contributed by atoms with Crippen LogP contribution in [-0.2, 0) is 42.8 Å². The van der Waals surface area contributed by atoms with Gasteiger partial charge in [0, 0.05) is 26.2 Å². The molecule has 0 atom stereocenters. The van der Waals surface area contributed by atoms with Gasteiger partial charge in [-0.05, 0) is 14.0 Å². The van der Waals surface area contributed by atoms with Crippen molar-refractivity contribution in [1.82, 2.24) is 21.3 Å². The van der Waals surface area contributed by atoms with Gasteiger partial charge in [0.2, 0.25) is 17.7 Å². The van der Waals surface area contributed by atoms with Crippen molar-refractivity contribution in [2.45, 2.75) is 6.92 Å². The van der Waals surface area contributed by atoms with E-state index in [2.05, 4.69) is 21.3 Å². The third-order valence-electron chi connectivity index (χ3n) is 3.82. The quantitative estimate of drug-likeness (QED) is 0.102. The molecule has 3 amide bonds. The number of carbonyl (C=O) groups is 3. The molecule has 0 aromatic heterocycles. The number of hydrogen-bond acceptors (Lipinski definition) is 10. The van der Waals surface area contributed by atoms with Gasteiger partial charge in [-0.2, -0.15) is 0 Å². The molecule has 0 aliphatic carbocycles. The first-order chi connectivity index (χ1) is 16.6. The number of carbonyl (C=O) groups excluding carboxylic acids is 3. The Labute approximate surface area is 201 Å². The molecule has 0 aliphatic rings. The fraction of sp³-hybridized carbons (Fsp3) is 0.857. The smallest absolute Gasteiger partial charge is 0.246 e. The molecule has 0 unspecified atom stereocenters. The normalized spacial score (nSPS) is 10.8. The first-order valence-electron chi connectivity index (χ1n) is 11.5. The molecule has 0 aromatic carbocycles. The number of rotatable bonds is 25. The highest BCUT2D eigenvalue weighted by atomic mass is 16.5. The number of hydrogen-bond donors (Lipinski definition) is 4. The van der Waals surface area contributed by atoms with Crippen LogP contribution in [0.4, 0.5) is 0 Å². The summed E-state index contributed by atoms with van der Waals surface area (Å²) in [5, 5.41) is 10.9. The summed E-state index contributed by atoms with van der Waals surface area (Å²) < 4.78 is 31.4. The molecular weight excluding hydrogens is 452 g/mol. The summed E-state index contributed by atoms with van der Waals surface area (Å²) in [5.41, 5.74) is 0. The van der Waals surface area contributed by atoms with Gasteiger partial charge in [-0.1, -0.05) is 0 Å². The Bertz CT molecular complexity index is 513. The highest BCUT2D eigenvalue weighted by Crippen LogP contribution is 1.83. The molecule has 0 rings (SSSR count). The Morgan fingerprint density at radius 1 is 0.500 bits per heavy atom. The highest BCUT2D eigenvalue weighted by Gasteiger charge is 2.03. The lowest BCUT2D eigenvalue weighted by Gasteiger charge is -2.09. The van der Waals surface area contributed by atoms with Gasteiger partial charge in [-0.25, -0.2) is 0 Å². The largest absolute Gasteiger partial charge is 0.378 e. The number of ether oxygens (including phenoxy) is 6. The van der Waals surface area contributed by atoms with Crippen molar-refractivity contribution in [3.8, 4) is 0 Å². The van der Waals surface area contributed by atoms with Crippen molar-refractivity contribution in [2.24, 2.45) is 0 Å². The predicted molar refractivity (Wildman–Crippen MR) is 124 cm³/mol. The van der Waals surface area contributed by atoms with Crippen LogP contribution in [0.2, 0.25) is 0 Å². The molecule has 0 fully saturated rings. The van der Waals surface area contributed by atoms with E-state index < -0.39 is 0 Å². The van der Waals surface area contributed by atoms with Crippen molar-refractivity contribution in [1.29, 1.82) is 0 Å². The second kappa shape index (κ2) is 25.7. The van der Waals surface area contributed by atoms with Gasteiger partial charge >= 0.3 is 0 Å². The van der Waals surface area contributed by atoms with E-state index in [9.17, 15) is 14.4 Å². The first kappa shape index (κ1) is 32.1. The Morgan fingerprint density at radius 2 is 0.853 bits per heavy atom. The minimum absolute atomic E-state index is 0.00654. The summed E-state index contributed by atoms with van der Waals surface area (Å²) >= 11 is 0. The van der Waals surface area contributed by atoms with E-state index in [1.165, 1.54) is 0 Å². The topological polar surface area (TPSA) is 155 Å². The summed E-state index contributed by atoms with van der Waals surface area (Å²) in [7, 11) is 1.85. The van der Waals surface area contributed by atoms with Gasteiger partial charge in [0.15, 0.2) is 0 Å². The van der Waals surface area contributed by atoms with Gasteiger partial charge < -0.3 is 49.7 Å². The third kappa shape index (κ3) is 24.8. The molecule has 0 radical (unpaired) electrons. The van der Waals surface area contributed by atoms with Gasteiger partial charge in [0.1, 0.15) is 19.8 Å². The molecule has 34 heavy (non-hydrogen) atoms. The monoisotopic (exact) mass is 494 g/mol. The van der Waals surface area contributed by atoms with Gasteiger partial charge in [-0.15, -0.1) is 0 Å². The molecule has 4 N–H and O–H groups in total. The van der Waals surface area contributed by atoms with E-state index in [-0.39, 0.29) is 44.1 Å². The number of nitrogens with one attached hydrogen (secondary N) is 4. The zero-order valence-electron chi connectivity index (χ0n) is 20.5. The van der Waals surface area contributed by atoms with Crippen molar-refractivity contribution >= 4 is 17.7 Å². The molecule has 13 nitrogen and oxygen atoms in total. The minimum Gasteiger partial charge on any atom is -0.378 e. The zero-order chi connectivity index (χ0) is 25.1. The van der Waals surface area contributed by atoms with Crippen LogP contribution in [0.15, 0.2) is 0 Å². The second-order valence-electron chi connectivity index (χ2n) is 6.75. The van der Waals surface area contributed by atoms with Gasteiger partial charge in [0.25, 0.3) is 0 Å². The maximum atomic E-state index is 11.6. The molecular formula is C21H42N4O9. The molecule has 0 aromatic rings. The van der Waals surface area contributed by atoms with E-state index in [1.54, 1.807) is 0 Å². The lowest BCUT2D eigenvalue weighted by molar-refractivity contribution is -0.127. The van der Waals surface area contributed by atoms with E-state index in [0.29, 0.717) is 72.5 Å². The first-order valence-corrected chi connectivity index (χ1v) is 11.5. The molecule has 200 valence electrons. The molecule has 0 saturated carbocycles. The van der Waals surface area contributed by atoms with Crippen LogP contribution in [0.1, 0.15) is 6.92 Å². The average Bonchev–Trinajstić information content (AvgIpc) is 2.82. The van der Waals surface area contributed by atoms with Crippen LogP contribution in [-0.4, -0.2) is 130 Å². The summed E-state index contributed by atoms with van der Waals surface area (Å²) in [5.74, 6) is -0.635. The van der Waals surface area contributed by atoms with Gasteiger partial charge in [-0.3, -0.25) is 14.4 Å². The van der Waals surface area contributed by atoms with Crippen LogP contribution in [0, 0.1) is 0 Å². The van der Waals surface area contributed by atoms with Crippen LogP contribution in [0.25, 0.3) is 0 Å². The molecule has 0 heterocycles. The molecule has 0 spiro atoms. The van der Waals surface area contributed by atoms with Crippen molar-refractivity contribution in [2.75, 3.05) is 113 Å². The maximum Gasteiger partial charge on any atom is 0.246 e. The lowest BCUT2D eigenvalue weighted by atomic mass is 10.5. The standard InChI is InChI=1S/C21H42N4O9/c1-3-23-19(26)16-32-14-11-30-8-5-25-21(28)18-34-15-12-31-9-6-24-20(27)17-33-13-10-29-7-4-22-2/h22H,3-18H2,1-2H3,(H,23,26)(H,24,27)(H,25,28). The van der Waals surface area contributed by atoms with Crippen molar-refractivity contribution < 1.29 is 42.8 Å². The van der Waals surface area contributed by atoms with Crippen molar-refractivity contribution in [3.05, 3.63) is 0 Å². The van der Waals surface area contributed by atoms with Crippen LogP contribution in [0.3, 0.4) is 0 Å². The van der Waals surface area contributed by atoms with E-state index >= 15 is 0 Å². The van der Waals surface area contributed by atoms with Crippen molar-refractivity contribution in [3.63, 3.8) is 0 Å². The van der Waals surface area contributed by atoms with E-state index in [0.717, 1.165) is 6.54 Å². The molecule has 0 saturated heterocycles. The van der Waals surface area contributed by atoms with E-state index in [1.807, 2.05) is 14.0 Å². The Hall–Kier alpha value is -1.87. The summed E-state index contributed by atoms with van der Waals surface area (Å²) in [6.07, 6.45) is 0. The summed E-state index contributed by atoms with van der Waals surface area (Å²) in [4.78, 5) is 34.3. The zero-order valence-corrected chi connectivity index (χ0v) is 20.5. The average molecular weight is 495 g/mol. The minimum atomic E-state index is -0.254. The molecule has 0 bridgehead atoms. The van der Waals surface area contributed by atoms with Crippen LogP contribution < -0.4 is 21.3 Å². The summed E-state index contributed by atoms with van der Waals surface area (Å²) in [6.45, 7) is 7.08. The summed E-state index contributed by atoms with van der Waals surface area (Å²) in [6, 6.07) is 0. The maximum absolute atomic E-state index is 11.6. The molecule has 13 heteroatoms. The lowest BCUT2D eigenvalue weighted by Crippen LogP contribution is -2.32. The third-order valence-corrected chi connectivity index (χ3v) is 3.82. The molecule has 0 aliphatic heterocycles. The highest BCUT2D eigenvalue weighted by molar-refractivity contribution is 5.77. The number of likely N-dealkylation sites (N-methyl/N-ethyl adjacent to an activating group) is 2. The number of amides is 3. The predicted octanol–water partition coefficient (Wildman–Crippen LogP) is -2.33. The SMILES string of the molecule is CCNC(=O)COCCOCCNC(=O)COCCOCCNC(=O)COCCOCCNC.